The molecule has 3 N–H and O–H groups in total. The van der Waals surface area contributed by atoms with Crippen LogP contribution >= 0.6 is 0 Å². The molecule has 150 valence electrons. The molecule has 0 amide bonds. The van der Waals surface area contributed by atoms with Crippen molar-refractivity contribution < 1.29 is 20.1 Å². The summed E-state index contributed by atoms with van der Waals surface area (Å²) in [5, 5.41) is 30.8. The lowest BCUT2D eigenvalue weighted by molar-refractivity contribution is 0.0318. The average Bonchev–Trinajstić information content (AvgIpc) is 2.73. The molecular formula is C24H30O4. The van der Waals surface area contributed by atoms with Crippen LogP contribution in [0.4, 0.5) is 0 Å². The van der Waals surface area contributed by atoms with Crippen LogP contribution in [0.15, 0.2) is 66.8 Å². The maximum Gasteiger partial charge on any atom is 0.118 e. The SMILES string of the molecule is C=C[C@H]([C@H](O)CC/C(=C/c1ccc(O)cc1)CC)[C@H](O)c1ccc(OC)cc1. The van der Waals surface area contributed by atoms with Crippen molar-refractivity contribution in [3.05, 3.63) is 77.9 Å². The van der Waals surface area contributed by atoms with Crippen molar-refractivity contribution in [2.24, 2.45) is 5.92 Å². The first-order valence-electron chi connectivity index (χ1n) is 9.59. The molecule has 4 nitrogen and oxygen atoms in total. The van der Waals surface area contributed by atoms with Gasteiger partial charge in [0.2, 0.25) is 0 Å². The second kappa shape index (κ2) is 10.7. The van der Waals surface area contributed by atoms with Crippen molar-refractivity contribution >= 4 is 6.08 Å². The fourth-order valence-electron chi connectivity index (χ4n) is 3.20. The number of allylic oxidation sites excluding steroid dienone is 1. The first-order chi connectivity index (χ1) is 13.5. The third kappa shape index (κ3) is 5.98. The standard InChI is InChI=1S/C24H30O4/c1-4-17(16-18-6-11-20(25)12-7-18)8-15-23(26)22(5-2)24(27)19-9-13-21(28-3)14-10-19/h5-7,9-14,16,22-27H,2,4,8,15H2,1,3H3/b17-16+/t22-,23-,24-/m1/s1. The molecular weight excluding hydrogens is 352 g/mol. The highest BCUT2D eigenvalue weighted by molar-refractivity contribution is 5.53. The zero-order chi connectivity index (χ0) is 20.5. The number of phenols is 1. The molecule has 0 aromatic heterocycles. The Morgan fingerprint density at radius 1 is 1.07 bits per heavy atom. The van der Waals surface area contributed by atoms with Crippen LogP contribution in [0.25, 0.3) is 6.08 Å². The van der Waals surface area contributed by atoms with Gasteiger partial charge in [-0.05, 0) is 54.7 Å². The lowest BCUT2D eigenvalue weighted by atomic mass is 9.87. The number of aromatic hydroxyl groups is 1. The molecule has 0 unspecified atom stereocenters. The van der Waals surface area contributed by atoms with Gasteiger partial charge in [0.15, 0.2) is 0 Å². The van der Waals surface area contributed by atoms with Crippen LogP contribution in [0.2, 0.25) is 0 Å². The summed E-state index contributed by atoms with van der Waals surface area (Å²) in [6.45, 7) is 5.88. The predicted octanol–water partition coefficient (Wildman–Crippen LogP) is 4.87. The molecule has 2 rings (SSSR count). The van der Waals surface area contributed by atoms with E-state index in [1.807, 2.05) is 12.1 Å². The number of methoxy groups -OCH3 is 1. The highest BCUT2D eigenvalue weighted by atomic mass is 16.5. The maximum absolute atomic E-state index is 10.7. The Morgan fingerprint density at radius 2 is 1.71 bits per heavy atom. The molecule has 2 aromatic rings. The number of aliphatic hydroxyl groups is 2. The van der Waals surface area contributed by atoms with Gasteiger partial charge >= 0.3 is 0 Å². The van der Waals surface area contributed by atoms with Crippen molar-refractivity contribution in [3.8, 4) is 11.5 Å². The van der Waals surface area contributed by atoms with Crippen LogP contribution in [0, 0.1) is 5.92 Å². The van der Waals surface area contributed by atoms with Crippen molar-refractivity contribution in [2.75, 3.05) is 7.11 Å². The van der Waals surface area contributed by atoms with Crippen LogP contribution in [-0.4, -0.2) is 28.5 Å². The van der Waals surface area contributed by atoms with Gasteiger partial charge in [-0.25, -0.2) is 0 Å². The topological polar surface area (TPSA) is 69.9 Å². The second-order valence-corrected chi connectivity index (χ2v) is 6.88. The maximum atomic E-state index is 10.7. The quantitative estimate of drug-likeness (QED) is 0.513. The Morgan fingerprint density at radius 3 is 2.25 bits per heavy atom. The van der Waals surface area contributed by atoms with E-state index in [2.05, 4.69) is 19.6 Å². The van der Waals surface area contributed by atoms with E-state index >= 15 is 0 Å². The normalized spacial score (nSPS) is 14.9. The lowest BCUT2D eigenvalue weighted by Crippen LogP contribution is -2.25. The van der Waals surface area contributed by atoms with E-state index in [4.69, 9.17) is 4.74 Å². The highest BCUT2D eigenvalue weighted by Crippen LogP contribution is 2.30. The summed E-state index contributed by atoms with van der Waals surface area (Å²) in [6, 6.07) is 14.2. The fraction of sp³-hybridized carbons (Fsp3) is 0.333. The zero-order valence-corrected chi connectivity index (χ0v) is 16.6. The monoisotopic (exact) mass is 382 g/mol. The number of benzene rings is 2. The van der Waals surface area contributed by atoms with Crippen molar-refractivity contribution in [3.63, 3.8) is 0 Å². The van der Waals surface area contributed by atoms with Crippen LogP contribution in [0.1, 0.15) is 43.4 Å². The van der Waals surface area contributed by atoms with Crippen LogP contribution in [-0.2, 0) is 0 Å². The molecule has 0 aliphatic heterocycles. The van der Waals surface area contributed by atoms with E-state index in [-0.39, 0.29) is 5.75 Å². The fourth-order valence-corrected chi connectivity index (χ4v) is 3.20. The lowest BCUT2D eigenvalue weighted by Gasteiger charge is -2.25. The number of rotatable bonds is 10. The Labute approximate surface area is 167 Å². The van der Waals surface area contributed by atoms with E-state index in [9.17, 15) is 15.3 Å². The van der Waals surface area contributed by atoms with E-state index < -0.39 is 18.1 Å². The molecule has 4 heteroatoms. The van der Waals surface area contributed by atoms with Gasteiger partial charge in [-0.1, -0.05) is 48.9 Å². The van der Waals surface area contributed by atoms with E-state index in [0.29, 0.717) is 6.42 Å². The van der Waals surface area contributed by atoms with Gasteiger partial charge in [0.05, 0.1) is 19.3 Å². The molecule has 28 heavy (non-hydrogen) atoms. The molecule has 2 aromatic carbocycles. The van der Waals surface area contributed by atoms with Gasteiger partial charge in [-0.3, -0.25) is 0 Å². The van der Waals surface area contributed by atoms with E-state index in [1.54, 1.807) is 49.6 Å². The van der Waals surface area contributed by atoms with Gasteiger partial charge in [0, 0.05) is 5.92 Å². The summed E-state index contributed by atoms with van der Waals surface area (Å²) >= 11 is 0. The third-order valence-corrected chi connectivity index (χ3v) is 5.02. The molecule has 0 spiro atoms. The summed E-state index contributed by atoms with van der Waals surface area (Å²) in [5.41, 5.74) is 2.94. The van der Waals surface area contributed by atoms with Gasteiger partial charge in [0.25, 0.3) is 0 Å². The molecule has 0 fully saturated rings. The van der Waals surface area contributed by atoms with Crippen molar-refractivity contribution in [1.29, 1.82) is 0 Å². The Kier molecular flexibility index (Phi) is 8.30. The number of phenolic OH excluding ortho intramolecular Hbond substituents is 1. The molecule has 0 saturated carbocycles. The van der Waals surface area contributed by atoms with Gasteiger partial charge in [0.1, 0.15) is 11.5 Å². The van der Waals surface area contributed by atoms with E-state index in [0.717, 1.165) is 29.7 Å². The van der Waals surface area contributed by atoms with Crippen molar-refractivity contribution in [1.82, 2.24) is 0 Å². The average molecular weight is 383 g/mol. The van der Waals surface area contributed by atoms with Crippen LogP contribution in [0.3, 0.4) is 0 Å². The predicted molar refractivity (Wildman–Crippen MR) is 113 cm³/mol. The summed E-state index contributed by atoms with van der Waals surface area (Å²) < 4.78 is 5.14. The number of hydrogen-bond donors (Lipinski definition) is 3. The minimum absolute atomic E-state index is 0.243. The van der Waals surface area contributed by atoms with Crippen LogP contribution < -0.4 is 4.74 Å². The molecule has 0 aliphatic carbocycles. The smallest absolute Gasteiger partial charge is 0.118 e. The third-order valence-electron chi connectivity index (χ3n) is 5.02. The molecule has 0 saturated heterocycles. The Hall–Kier alpha value is -2.56. The van der Waals surface area contributed by atoms with E-state index in [1.165, 1.54) is 5.57 Å². The first kappa shape index (κ1) is 21.7. The summed E-state index contributed by atoms with van der Waals surface area (Å²) in [5.74, 6) is 0.505. The molecule has 0 aliphatic rings. The van der Waals surface area contributed by atoms with Gasteiger partial charge < -0.3 is 20.1 Å². The van der Waals surface area contributed by atoms with Crippen molar-refractivity contribution in [2.45, 2.75) is 38.4 Å². The first-order valence-corrected chi connectivity index (χ1v) is 9.59. The Bertz CT molecular complexity index is 762. The minimum Gasteiger partial charge on any atom is -0.508 e. The largest absolute Gasteiger partial charge is 0.508 e. The molecule has 0 radical (unpaired) electrons. The second-order valence-electron chi connectivity index (χ2n) is 6.88. The van der Waals surface area contributed by atoms with Gasteiger partial charge in [-0.15, -0.1) is 6.58 Å². The number of ether oxygens (including phenoxy) is 1. The zero-order valence-electron chi connectivity index (χ0n) is 16.6. The van der Waals surface area contributed by atoms with Crippen LogP contribution in [0.5, 0.6) is 11.5 Å². The summed E-state index contributed by atoms with van der Waals surface area (Å²) in [6.07, 6.45) is 4.28. The highest BCUT2D eigenvalue weighted by Gasteiger charge is 2.25. The summed E-state index contributed by atoms with van der Waals surface area (Å²) in [7, 11) is 1.60. The molecule has 3 atom stereocenters. The minimum atomic E-state index is -0.829. The summed E-state index contributed by atoms with van der Waals surface area (Å²) in [4.78, 5) is 0. The molecule has 0 bridgehead atoms. The van der Waals surface area contributed by atoms with Gasteiger partial charge in [-0.2, -0.15) is 0 Å². The number of aliphatic hydroxyl groups excluding tert-OH is 2. The molecule has 0 heterocycles. The number of hydrogen-bond acceptors (Lipinski definition) is 4. The Balaban J connectivity index is 2.02.